The molecule has 17 heavy (non-hydrogen) atoms. The second kappa shape index (κ2) is 5.14. The van der Waals surface area contributed by atoms with E-state index in [2.05, 4.69) is 12.2 Å². The summed E-state index contributed by atoms with van der Waals surface area (Å²) in [7, 11) is 1.63. The molecule has 0 bridgehead atoms. The molecule has 3 unspecified atom stereocenters. The Morgan fingerprint density at radius 2 is 2.06 bits per heavy atom. The molecule has 0 spiro atoms. The number of ether oxygens (including phenoxy) is 1. The van der Waals surface area contributed by atoms with E-state index in [9.17, 15) is 9.59 Å². The minimum atomic E-state index is -0.00290. The molecule has 1 aliphatic carbocycles. The molecular formula is C12H20N2O3. The van der Waals surface area contributed by atoms with Crippen LogP contribution >= 0.6 is 0 Å². The summed E-state index contributed by atoms with van der Waals surface area (Å²) in [6, 6.07) is 0.0466. The Labute approximate surface area is 101 Å². The van der Waals surface area contributed by atoms with Gasteiger partial charge >= 0.3 is 0 Å². The van der Waals surface area contributed by atoms with Crippen molar-refractivity contribution < 1.29 is 14.3 Å². The normalized spacial score (nSPS) is 28.5. The quantitative estimate of drug-likeness (QED) is 0.637. The summed E-state index contributed by atoms with van der Waals surface area (Å²) in [6.07, 6.45) is 1.79. The Balaban J connectivity index is 1.88. The number of piperidine rings is 1. The zero-order valence-electron chi connectivity index (χ0n) is 10.4. The van der Waals surface area contributed by atoms with Gasteiger partial charge < -0.3 is 10.1 Å². The van der Waals surface area contributed by atoms with Crippen molar-refractivity contribution in [2.24, 2.45) is 11.8 Å². The first-order valence-electron chi connectivity index (χ1n) is 6.26. The molecule has 0 aromatic rings. The van der Waals surface area contributed by atoms with Crippen LogP contribution in [0.5, 0.6) is 0 Å². The number of amides is 2. The number of hydrogen-bond acceptors (Lipinski definition) is 4. The summed E-state index contributed by atoms with van der Waals surface area (Å²) in [5.74, 6) is 0.0209. The van der Waals surface area contributed by atoms with Gasteiger partial charge in [-0.2, -0.15) is 0 Å². The average Bonchev–Trinajstić information content (AvgIpc) is 3.06. The maximum Gasteiger partial charge on any atom is 0.233 e. The van der Waals surface area contributed by atoms with E-state index in [0.29, 0.717) is 13.2 Å². The van der Waals surface area contributed by atoms with E-state index in [0.717, 1.165) is 19.4 Å². The lowest BCUT2D eigenvalue weighted by atomic mass is 10.2. The smallest absolute Gasteiger partial charge is 0.233 e. The molecule has 2 fully saturated rings. The molecule has 1 saturated heterocycles. The SMILES string of the molecule is CCCNC(COC)CN1C(=O)C2CC2C1=O. The Morgan fingerprint density at radius 1 is 1.41 bits per heavy atom. The first kappa shape index (κ1) is 12.5. The highest BCUT2D eigenvalue weighted by molar-refractivity contribution is 6.08. The third-order valence-corrected chi connectivity index (χ3v) is 3.41. The molecule has 0 radical (unpaired) electrons. The summed E-state index contributed by atoms with van der Waals surface area (Å²) in [6.45, 7) is 3.92. The molecule has 1 saturated carbocycles. The van der Waals surface area contributed by atoms with Crippen LogP contribution in [0.25, 0.3) is 0 Å². The number of methoxy groups -OCH3 is 1. The van der Waals surface area contributed by atoms with Crippen molar-refractivity contribution in [3.63, 3.8) is 0 Å². The predicted octanol–water partition coefficient (Wildman–Crippen LogP) is 0.00590. The van der Waals surface area contributed by atoms with Crippen LogP contribution in [0.4, 0.5) is 0 Å². The first-order valence-corrected chi connectivity index (χ1v) is 6.26. The summed E-state index contributed by atoms with van der Waals surface area (Å²) in [4.78, 5) is 25.0. The molecule has 2 amide bonds. The van der Waals surface area contributed by atoms with Crippen molar-refractivity contribution in [1.82, 2.24) is 10.2 Å². The number of rotatable bonds is 7. The van der Waals surface area contributed by atoms with Crippen LogP contribution in [-0.2, 0) is 14.3 Å². The van der Waals surface area contributed by atoms with E-state index in [1.165, 1.54) is 4.90 Å². The highest BCUT2D eigenvalue weighted by atomic mass is 16.5. The van der Waals surface area contributed by atoms with Crippen LogP contribution < -0.4 is 5.32 Å². The second-order valence-electron chi connectivity index (χ2n) is 4.84. The van der Waals surface area contributed by atoms with Crippen molar-refractivity contribution in [1.29, 1.82) is 0 Å². The highest BCUT2D eigenvalue weighted by Crippen LogP contribution is 2.46. The van der Waals surface area contributed by atoms with Gasteiger partial charge in [0.2, 0.25) is 11.8 Å². The van der Waals surface area contributed by atoms with Gasteiger partial charge in [-0.05, 0) is 19.4 Å². The molecule has 1 aliphatic heterocycles. The fourth-order valence-electron chi connectivity index (χ4n) is 2.38. The van der Waals surface area contributed by atoms with Gasteiger partial charge in [0.15, 0.2) is 0 Å². The monoisotopic (exact) mass is 240 g/mol. The van der Waals surface area contributed by atoms with Gasteiger partial charge in [0, 0.05) is 19.7 Å². The number of carbonyl (C=O) groups excluding carboxylic acids is 2. The molecule has 1 heterocycles. The maximum atomic E-state index is 11.8. The van der Waals surface area contributed by atoms with E-state index in [-0.39, 0.29) is 29.7 Å². The molecule has 5 heteroatoms. The standard InChI is InChI=1S/C12H20N2O3/c1-3-4-13-8(7-17-2)6-14-11(15)9-5-10(9)12(14)16/h8-10,13H,3-7H2,1-2H3. The number of carbonyl (C=O) groups is 2. The van der Waals surface area contributed by atoms with Gasteiger partial charge in [-0.15, -0.1) is 0 Å². The largest absolute Gasteiger partial charge is 0.383 e. The summed E-state index contributed by atoms with van der Waals surface area (Å²) >= 11 is 0. The van der Waals surface area contributed by atoms with Gasteiger partial charge in [-0.25, -0.2) is 0 Å². The topological polar surface area (TPSA) is 58.6 Å². The number of fused-ring (bicyclic) bond motifs is 1. The van der Waals surface area contributed by atoms with Gasteiger partial charge in [0.1, 0.15) is 0 Å². The van der Waals surface area contributed by atoms with Crippen molar-refractivity contribution in [3.8, 4) is 0 Å². The Bertz CT molecular complexity index is 299. The zero-order valence-corrected chi connectivity index (χ0v) is 10.4. The number of imide groups is 1. The number of nitrogens with one attached hydrogen (secondary N) is 1. The van der Waals surface area contributed by atoms with Crippen molar-refractivity contribution in [3.05, 3.63) is 0 Å². The van der Waals surface area contributed by atoms with E-state index in [4.69, 9.17) is 4.74 Å². The molecule has 2 rings (SSSR count). The average molecular weight is 240 g/mol. The molecule has 2 aliphatic rings. The maximum absolute atomic E-state index is 11.8. The van der Waals surface area contributed by atoms with Crippen LogP contribution in [0.3, 0.4) is 0 Å². The lowest BCUT2D eigenvalue weighted by molar-refractivity contribution is -0.141. The van der Waals surface area contributed by atoms with Gasteiger partial charge in [-0.1, -0.05) is 6.92 Å². The van der Waals surface area contributed by atoms with Crippen molar-refractivity contribution in [2.75, 3.05) is 26.8 Å². The summed E-state index contributed by atoms with van der Waals surface area (Å²) < 4.78 is 5.11. The Hall–Kier alpha value is -0.940. The fourth-order valence-corrected chi connectivity index (χ4v) is 2.38. The van der Waals surface area contributed by atoms with Crippen LogP contribution in [0.15, 0.2) is 0 Å². The van der Waals surface area contributed by atoms with E-state index >= 15 is 0 Å². The van der Waals surface area contributed by atoms with Crippen molar-refractivity contribution in [2.45, 2.75) is 25.8 Å². The van der Waals surface area contributed by atoms with E-state index in [1.807, 2.05) is 0 Å². The molecule has 0 aromatic heterocycles. The highest BCUT2D eigenvalue weighted by Gasteiger charge is 2.58. The van der Waals surface area contributed by atoms with E-state index < -0.39 is 0 Å². The lowest BCUT2D eigenvalue weighted by Gasteiger charge is -2.24. The first-order chi connectivity index (χ1) is 8.19. The Kier molecular flexibility index (Phi) is 3.79. The predicted molar refractivity (Wildman–Crippen MR) is 62.3 cm³/mol. The van der Waals surface area contributed by atoms with Gasteiger partial charge in [0.25, 0.3) is 0 Å². The number of likely N-dealkylation sites (tertiary alicyclic amines) is 1. The molecule has 5 nitrogen and oxygen atoms in total. The third-order valence-electron chi connectivity index (χ3n) is 3.41. The fraction of sp³-hybridized carbons (Fsp3) is 0.833. The number of hydrogen-bond donors (Lipinski definition) is 1. The van der Waals surface area contributed by atoms with Crippen LogP contribution in [0, 0.1) is 11.8 Å². The lowest BCUT2D eigenvalue weighted by Crippen LogP contribution is -2.47. The minimum Gasteiger partial charge on any atom is -0.383 e. The second-order valence-corrected chi connectivity index (χ2v) is 4.84. The van der Waals surface area contributed by atoms with Crippen molar-refractivity contribution >= 4 is 11.8 Å². The van der Waals surface area contributed by atoms with Crippen LogP contribution in [0.2, 0.25) is 0 Å². The van der Waals surface area contributed by atoms with Crippen LogP contribution in [0.1, 0.15) is 19.8 Å². The van der Waals surface area contributed by atoms with Gasteiger partial charge in [-0.3, -0.25) is 14.5 Å². The zero-order chi connectivity index (χ0) is 12.4. The third kappa shape index (κ3) is 2.50. The molecule has 3 atom stereocenters. The number of nitrogens with zero attached hydrogens (tertiary/aromatic N) is 1. The van der Waals surface area contributed by atoms with Crippen LogP contribution in [-0.4, -0.2) is 49.6 Å². The van der Waals surface area contributed by atoms with E-state index in [1.54, 1.807) is 7.11 Å². The molecular weight excluding hydrogens is 220 g/mol. The minimum absolute atomic E-state index is 0.00290. The summed E-state index contributed by atoms with van der Waals surface area (Å²) in [5, 5.41) is 3.30. The van der Waals surface area contributed by atoms with Gasteiger partial charge in [0.05, 0.1) is 18.4 Å². The Morgan fingerprint density at radius 3 is 2.59 bits per heavy atom. The summed E-state index contributed by atoms with van der Waals surface area (Å²) in [5.41, 5.74) is 0. The molecule has 96 valence electrons. The molecule has 0 aromatic carbocycles. The molecule has 1 N–H and O–H groups in total.